The van der Waals surface area contributed by atoms with Crippen LogP contribution in [0, 0.1) is 13.8 Å². The lowest BCUT2D eigenvalue weighted by Gasteiger charge is -2.06. The molecule has 0 amide bonds. The van der Waals surface area contributed by atoms with Crippen LogP contribution in [0.15, 0.2) is 30.3 Å². The maximum absolute atomic E-state index is 5.50. The second kappa shape index (κ2) is 4.95. The summed E-state index contributed by atoms with van der Waals surface area (Å²) < 4.78 is 0. The fourth-order valence-electron chi connectivity index (χ4n) is 1.84. The van der Waals surface area contributed by atoms with Gasteiger partial charge in [-0.1, -0.05) is 23.8 Å². The van der Waals surface area contributed by atoms with Crippen molar-refractivity contribution in [1.29, 1.82) is 0 Å². The van der Waals surface area contributed by atoms with Crippen molar-refractivity contribution in [3.05, 3.63) is 52.7 Å². The second-order valence-electron chi connectivity index (χ2n) is 4.38. The van der Waals surface area contributed by atoms with Gasteiger partial charge in [0.25, 0.3) is 0 Å². The molecular formula is C14H17N3. The van der Waals surface area contributed by atoms with Crippen LogP contribution in [0.3, 0.4) is 0 Å². The van der Waals surface area contributed by atoms with Gasteiger partial charge in [-0.3, -0.25) is 0 Å². The van der Waals surface area contributed by atoms with E-state index in [4.69, 9.17) is 5.73 Å². The summed E-state index contributed by atoms with van der Waals surface area (Å²) in [5.41, 5.74) is 10.5. The van der Waals surface area contributed by atoms with Gasteiger partial charge in [-0.2, -0.15) is 5.10 Å². The van der Waals surface area contributed by atoms with E-state index in [1.165, 1.54) is 16.7 Å². The molecule has 3 nitrogen and oxygen atoms in total. The van der Waals surface area contributed by atoms with Gasteiger partial charge in [-0.05, 0) is 49.9 Å². The third kappa shape index (κ3) is 3.03. The molecule has 0 aliphatic carbocycles. The summed E-state index contributed by atoms with van der Waals surface area (Å²) in [6.07, 6.45) is 1.89. The molecule has 2 aromatic rings. The lowest BCUT2D eigenvalue weighted by atomic mass is 10.0. The molecule has 1 heterocycles. The Hall–Kier alpha value is -1.90. The minimum absolute atomic E-state index is 0.473. The van der Waals surface area contributed by atoms with E-state index in [0.29, 0.717) is 5.82 Å². The molecule has 3 heteroatoms. The molecule has 17 heavy (non-hydrogen) atoms. The van der Waals surface area contributed by atoms with Crippen LogP contribution >= 0.6 is 0 Å². The van der Waals surface area contributed by atoms with Crippen LogP contribution in [-0.2, 0) is 12.8 Å². The number of rotatable bonds is 3. The quantitative estimate of drug-likeness (QED) is 0.876. The highest BCUT2D eigenvalue weighted by Gasteiger charge is 2.01. The highest BCUT2D eigenvalue weighted by Crippen LogP contribution is 2.13. The summed E-state index contributed by atoms with van der Waals surface area (Å²) in [6.45, 7) is 4.26. The number of nitrogen functional groups attached to an aromatic ring is 1. The van der Waals surface area contributed by atoms with Gasteiger partial charge in [-0.15, -0.1) is 5.10 Å². The van der Waals surface area contributed by atoms with Gasteiger partial charge in [0.1, 0.15) is 5.82 Å². The van der Waals surface area contributed by atoms with E-state index in [2.05, 4.69) is 42.2 Å². The molecule has 0 fully saturated rings. The number of benzene rings is 1. The third-order valence-electron chi connectivity index (χ3n) is 2.90. The van der Waals surface area contributed by atoms with Gasteiger partial charge in [0.05, 0.1) is 5.69 Å². The zero-order valence-electron chi connectivity index (χ0n) is 10.3. The average Bonchev–Trinajstić information content (AvgIpc) is 2.32. The van der Waals surface area contributed by atoms with Crippen molar-refractivity contribution in [2.24, 2.45) is 0 Å². The number of nitrogens with zero attached hydrogens (tertiary/aromatic N) is 2. The van der Waals surface area contributed by atoms with E-state index < -0.39 is 0 Å². The molecule has 2 rings (SSSR count). The van der Waals surface area contributed by atoms with Gasteiger partial charge in [0.2, 0.25) is 0 Å². The van der Waals surface area contributed by atoms with E-state index in [1.54, 1.807) is 6.07 Å². The van der Waals surface area contributed by atoms with Crippen LogP contribution in [0.25, 0.3) is 0 Å². The van der Waals surface area contributed by atoms with Crippen molar-refractivity contribution in [1.82, 2.24) is 10.2 Å². The van der Waals surface area contributed by atoms with Crippen molar-refractivity contribution in [2.45, 2.75) is 26.7 Å². The van der Waals surface area contributed by atoms with Crippen molar-refractivity contribution < 1.29 is 0 Å². The lowest BCUT2D eigenvalue weighted by molar-refractivity contribution is 0.858. The number of nitrogens with two attached hydrogens (primary N) is 1. The van der Waals surface area contributed by atoms with Crippen molar-refractivity contribution in [3.63, 3.8) is 0 Å². The SMILES string of the molecule is Cc1ccc(C)c(CCc2ccc(N)nn2)c1. The summed E-state index contributed by atoms with van der Waals surface area (Å²) in [7, 11) is 0. The molecule has 0 radical (unpaired) electrons. The van der Waals surface area contributed by atoms with Crippen LogP contribution < -0.4 is 5.73 Å². The van der Waals surface area contributed by atoms with Gasteiger partial charge in [0.15, 0.2) is 0 Å². The van der Waals surface area contributed by atoms with E-state index >= 15 is 0 Å². The summed E-state index contributed by atoms with van der Waals surface area (Å²) in [5, 5.41) is 7.93. The zero-order valence-corrected chi connectivity index (χ0v) is 10.3. The Morgan fingerprint density at radius 2 is 1.82 bits per heavy atom. The topological polar surface area (TPSA) is 51.8 Å². The Kier molecular flexibility index (Phi) is 3.38. The molecule has 0 saturated carbocycles. The first-order valence-corrected chi connectivity index (χ1v) is 5.79. The fraction of sp³-hybridized carbons (Fsp3) is 0.286. The monoisotopic (exact) mass is 227 g/mol. The standard InChI is InChI=1S/C14H17N3/c1-10-3-4-11(2)12(9-10)5-6-13-7-8-14(15)17-16-13/h3-4,7-9H,5-6H2,1-2H3,(H2,15,17). The summed E-state index contributed by atoms with van der Waals surface area (Å²) in [4.78, 5) is 0. The number of aryl methyl sites for hydroxylation is 4. The predicted octanol–water partition coefficient (Wildman–Crippen LogP) is 2.46. The summed E-state index contributed by atoms with van der Waals surface area (Å²) in [6, 6.07) is 10.3. The van der Waals surface area contributed by atoms with Crippen LogP contribution in [0.2, 0.25) is 0 Å². The number of aromatic nitrogens is 2. The lowest BCUT2D eigenvalue weighted by Crippen LogP contribution is -2.00. The molecule has 1 aromatic carbocycles. The number of hydrogen-bond donors (Lipinski definition) is 1. The number of anilines is 1. The second-order valence-corrected chi connectivity index (χ2v) is 4.38. The predicted molar refractivity (Wildman–Crippen MR) is 69.8 cm³/mol. The Bertz CT molecular complexity index is 503. The molecule has 0 spiro atoms. The normalized spacial score (nSPS) is 10.5. The van der Waals surface area contributed by atoms with E-state index in [0.717, 1.165) is 18.5 Å². The smallest absolute Gasteiger partial charge is 0.146 e. The van der Waals surface area contributed by atoms with Gasteiger partial charge in [-0.25, -0.2) is 0 Å². The van der Waals surface area contributed by atoms with E-state index in [9.17, 15) is 0 Å². The maximum Gasteiger partial charge on any atom is 0.146 e. The van der Waals surface area contributed by atoms with E-state index in [-0.39, 0.29) is 0 Å². The maximum atomic E-state index is 5.50. The average molecular weight is 227 g/mol. The summed E-state index contributed by atoms with van der Waals surface area (Å²) >= 11 is 0. The van der Waals surface area contributed by atoms with Crippen molar-refractivity contribution >= 4 is 5.82 Å². The first-order chi connectivity index (χ1) is 8.15. The molecule has 88 valence electrons. The van der Waals surface area contributed by atoms with Gasteiger partial charge in [0, 0.05) is 0 Å². The van der Waals surface area contributed by atoms with Crippen LogP contribution in [0.1, 0.15) is 22.4 Å². The van der Waals surface area contributed by atoms with Crippen LogP contribution in [-0.4, -0.2) is 10.2 Å². The van der Waals surface area contributed by atoms with Gasteiger partial charge < -0.3 is 5.73 Å². The molecule has 0 unspecified atom stereocenters. The van der Waals surface area contributed by atoms with Crippen molar-refractivity contribution in [3.8, 4) is 0 Å². The Morgan fingerprint density at radius 3 is 2.53 bits per heavy atom. The molecule has 0 atom stereocenters. The molecule has 0 saturated heterocycles. The molecular weight excluding hydrogens is 210 g/mol. The highest BCUT2D eigenvalue weighted by molar-refractivity contribution is 5.31. The van der Waals surface area contributed by atoms with Crippen LogP contribution in [0.5, 0.6) is 0 Å². The molecule has 0 bridgehead atoms. The zero-order chi connectivity index (χ0) is 12.3. The van der Waals surface area contributed by atoms with Crippen molar-refractivity contribution in [2.75, 3.05) is 5.73 Å². The van der Waals surface area contributed by atoms with E-state index in [1.807, 2.05) is 6.07 Å². The molecule has 1 aromatic heterocycles. The Labute approximate surface area is 102 Å². The highest BCUT2D eigenvalue weighted by atomic mass is 15.1. The minimum atomic E-state index is 0.473. The Balaban J connectivity index is 2.07. The molecule has 0 aliphatic rings. The Morgan fingerprint density at radius 1 is 1.00 bits per heavy atom. The molecule has 2 N–H and O–H groups in total. The third-order valence-corrected chi connectivity index (χ3v) is 2.90. The first-order valence-electron chi connectivity index (χ1n) is 5.79. The summed E-state index contributed by atoms with van der Waals surface area (Å²) in [5.74, 6) is 0.473. The first kappa shape index (κ1) is 11.6. The number of hydrogen-bond acceptors (Lipinski definition) is 3. The fourth-order valence-corrected chi connectivity index (χ4v) is 1.84. The largest absolute Gasteiger partial charge is 0.382 e. The molecule has 0 aliphatic heterocycles. The van der Waals surface area contributed by atoms with Crippen LogP contribution in [0.4, 0.5) is 5.82 Å². The van der Waals surface area contributed by atoms with Gasteiger partial charge >= 0.3 is 0 Å². The minimum Gasteiger partial charge on any atom is -0.382 e.